The first-order chi connectivity index (χ1) is 8.94. The van der Waals surface area contributed by atoms with Gasteiger partial charge in [-0.1, -0.05) is 0 Å². The lowest BCUT2D eigenvalue weighted by molar-refractivity contribution is 0.1000. The zero-order chi connectivity index (χ0) is 14.0. The summed E-state index contributed by atoms with van der Waals surface area (Å²) in [5, 5.41) is 0. The molecular formula is C12H17N3O3S. The van der Waals surface area contributed by atoms with Gasteiger partial charge in [-0.05, 0) is 43.0 Å². The summed E-state index contributed by atoms with van der Waals surface area (Å²) >= 11 is 0. The van der Waals surface area contributed by atoms with Crippen molar-refractivity contribution < 1.29 is 13.2 Å². The molecule has 0 heterocycles. The Morgan fingerprint density at radius 2 is 1.89 bits per heavy atom. The van der Waals surface area contributed by atoms with Crippen LogP contribution >= 0.6 is 0 Å². The van der Waals surface area contributed by atoms with Gasteiger partial charge >= 0.3 is 0 Å². The molecule has 0 spiro atoms. The molecule has 2 rings (SSSR count). The first-order valence-corrected chi connectivity index (χ1v) is 7.54. The molecule has 0 aliphatic heterocycles. The van der Waals surface area contributed by atoms with Crippen LogP contribution in [-0.4, -0.2) is 26.9 Å². The summed E-state index contributed by atoms with van der Waals surface area (Å²) in [6, 6.07) is 5.30. The van der Waals surface area contributed by atoms with Crippen molar-refractivity contribution in [3.05, 3.63) is 29.8 Å². The average Bonchev–Trinajstić information content (AvgIpc) is 3.20. The summed E-state index contributed by atoms with van der Waals surface area (Å²) in [5.41, 5.74) is 11.0. The maximum absolute atomic E-state index is 12.1. The normalized spacial score (nSPS) is 17.1. The SMILES string of the molecule is NCC(NS(=O)(=O)c1ccc(C(N)=O)cc1)C1CC1. The van der Waals surface area contributed by atoms with Crippen LogP contribution in [0.2, 0.25) is 0 Å². The van der Waals surface area contributed by atoms with E-state index in [0.29, 0.717) is 5.92 Å². The number of hydrogen-bond donors (Lipinski definition) is 3. The molecule has 0 radical (unpaired) electrons. The largest absolute Gasteiger partial charge is 0.366 e. The molecule has 1 atom stereocenters. The summed E-state index contributed by atoms with van der Waals surface area (Å²) in [6.07, 6.45) is 2.01. The third-order valence-corrected chi connectivity index (χ3v) is 4.71. The van der Waals surface area contributed by atoms with Gasteiger partial charge in [0.25, 0.3) is 0 Å². The van der Waals surface area contributed by atoms with Crippen LogP contribution in [0.3, 0.4) is 0 Å². The number of nitrogens with one attached hydrogen (secondary N) is 1. The number of carbonyl (C=O) groups is 1. The van der Waals surface area contributed by atoms with Crippen molar-refractivity contribution in [1.82, 2.24) is 4.72 Å². The minimum atomic E-state index is -3.60. The van der Waals surface area contributed by atoms with Crippen LogP contribution in [0.1, 0.15) is 23.2 Å². The van der Waals surface area contributed by atoms with Gasteiger partial charge in [0, 0.05) is 18.2 Å². The second-order valence-corrected chi connectivity index (χ2v) is 6.40. The Kier molecular flexibility index (Phi) is 3.88. The summed E-state index contributed by atoms with van der Waals surface area (Å²) < 4.78 is 26.9. The van der Waals surface area contributed by atoms with E-state index in [2.05, 4.69) is 4.72 Å². The molecule has 1 aliphatic carbocycles. The van der Waals surface area contributed by atoms with Gasteiger partial charge in [-0.2, -0.15) is 0 Å². The molecule has 1 aliphatic rings. The third kappa shape index (κ3) is 3.31. The van der Waals surface area contributed by atoms with E-state index in [0.717, 1.165) is 12.8 Å². The second kappa shape index (κ2) is 5.28. The van der Waals surface area contributed by atoms with Crippen molar-refractivity contribution in [2.75, 3.05) is 6.54 Å². The zero-order valence-corrected chi connectivity index (χ0v) is 11.2. The van der Waals surface area contributed by atoms with Crippen molar-refractivity contribution in [1.29, 1.82) is 0 Å². The number of rotatable bonds is 6. The molecular weight excluding hydrogens is 266 g/mol. The predicted molar refractivity (Wildman–Crippen MR) is 70.8 cm³/mol. The lowest BCUT2D eigenvalue weighted by atomic mass is 10.2. The molecule has 0 aromatic heterocycles. The van der Waals surface area contributed by atoms with E-state index < -0.39 is 15.9 Å². The monoisotopic (exact) mass is 283 g/mol. The molecule has 104 valence electrons. The van der Waals surface area contributed by atoms with E-state index in [1.54, 1.807) is 0 Å². The fraction of sp³-hybridized carbons (Fsp3) is 0.417. The van der Waals surface area contributed by atoms with Gasteiger partial charge in [-0.15, -0.1) is 0 Å². The number of nitrogens with two attached hydrogens (primary N) is 2. The van der Waals surface area contributed by atoms with Crippen molar-refractivity contribution in [2.45, 2.75) is 23.8 Å². The van der Waals surface area contributed by atoms with Crippen LogP contribution < -0.4 is 16.2 Å². The smallest absolute Gasteiger partial charge is 0.248 e. The Morgan fingerprint density at radius 1 is 1.32 bits per heavy atom. The highest BCUT2D eigenvalue weighted by atomic mass is 32.2. The van der Waals surface area contributed by atoms with E-state index in [4.69, 9.17) is 11.5 Å². The molecule has 1 aromatic carbocycles. The number of carbonyl (C=O) groups excluding carboxylic acids is 1. The maximum atomic E-state index is 12.1. The minimum absolute atomic E-state index is 0.108. The highest BCUT2D eigenvalue weighted by Crippen LogP contribution is 2.32. The first kappa shape index (κ1) is 14.0. The van der Waals surface area contributed by atoms with Crippen LogP contribution in [0, 0.1) is 5.92 Å². The molecule has 1 aromatic rings. The van der Waals surface area contributed by atoms with E-state index in [-0.39, 0.29) is 23.0 Å². The fourth-order valence-corrected chi connectivity index (χ4v) is 3.22. The number of benzene rings is 1. The molecule has 1 unspecified atom stereocenters. The van der Waals surface area contributed by atoms with Crippen LogP contribution in [0.5, 0.6) is 0 Å². The Labute approximate surface area is 112 Å². The van der Waals surface area contributed by atoms with Gasteiger partial charge in [-0.3, -0.25) is 4.79 Å². The van der Waals surface area contributed by atoms with E-state index in [9.17, 15) is 13.2 Å². The third-order valence-electron chi connectivity index (χ3n) is 3.20. The molecule has 1 fully saturated rings. The van der Waals surface area contributed by atoms with Crippen molar-refractivity contribution in [3.8, 4) is 0 Å². The molecule has 1 saturated carbocycles. The average molecular weight is 283 g/mol. The van der Waals surface area contributed by atoms with Gasteiger partial charge in [0.1, 0.15) is 0 Å². The predicted octanol–water partition coefficient (Wildman–Crippen LogP) is -0.199. The van der Waals surface area contributed by atoms with Crippen molar-refractivity contribution in [3.63, 3.8) is 0 Å². The number of amides is 1. The molecule has 0 bridgehead atoms. The van der Waals surface area contributed by atoms with Gasteiger partial charge in [0.05, 0.1) is 4.90 Å². The number of primary amides is 1. The molecule has 6 nitrogen and oxygen atoms in total. The van der Waals surface area contributed by atoms with E-state index in [1.165, 1.54) is 24.3 Å². The second-order valence-electron chi connectivity index (χ2n) is 4.69. The van der Waals surface area contributed by atoms with Crippen LogP contribution in [0.4, 0.5) is 0 Å². The Morgan fingerprint density at radius 3 is 2.32 bits per heavy atom. The molecule has 7 heteroatoms. The van der Waals surface area contributed by atoms with E-state index in [1.807, 2.05) is 0 Å². The summed E-state index contributed by atoms with van der Waals surface area (Å²) in [5.74, 6) is -0.251. The van der Waals surface area contributed by atoms with Crippen LogP contribution in [0.15, 0.2) is 29.2 Å². The highest BCUT2D eigenvalue weighted by molar-refractivity contribution is 7.89. The van der Waals surface area contributed by atoms with E-state index >= 15 is 0 Å². The number of sulfonamides is 1. The molecule has 19 heavy (non-hydrogen) atoms. The Hall–Kier alpha value is -1.44. The lowest BCUT2D eigenvalue weighted by Crippen LogP contribution is -2.41. The first-order valence-electron chi connectivity index (χ1n) is 6.06. The van der Waals surface area contributed by atoms with Crippen molar-refractivity contribution in [2.24, 2.45) is 17.4 Å². The van der Waals surface area contributed by atoms with Gasteiger partial charge in [-0.25, -0.2) is 13.1 Å². The highest BCUT2D eigenvalue weighted by Gasteiger charge is 2.33. The minimum Gasteiger partial charge on any atom is -0.366 e. The van der Waals surface area contributed by atoms with Crippen molar-refractivity contribution >= 4 is 15.9 Å². The van der Waals surface area contributed by atoms with Gasteiger partial charge in [0.15, 0.2) is 0 Å². The van der Waals surface area contributed by atoms with Crippen LogP contribution in [-0.2, 0) is 10.0 Å². The molecule has 0 saturated heterocycles. The van der Waals surface area contributed by atoms with Gasteiger partial charge in [0.2, 0.25) is 15.9 Å². The Balaban J connectivity index is 2.16. The summed E-state index contributed by atoms with van der Waals surface area (Å²) in [7, 11) is -3.60. The van der Waals surface area contributed by atoms with Crippen LogP contribution in [0.25, 0.3) is 0 Å². The lowest BCUT2D eigenvalue weighted by Gasteiger charge is -2.16. The summed E-state index contributed by atoms with van der Waals surface area (Å²) in [4.78, 5) is 11.0. The number of hydrogen-bond acceptors (Lipinski definition) is 4. The maximum Gasteiger partial charge on any atom is 0.248 e. The van der Waals surface area contributed by atoms with Gasteiger partial charge < -0.3 is 11.5 Å². The fourth-order valence-electron chi connectivity index (χ4n) is 1.90. The standard InChI is InChI=1S/C12H17N3O3S/c13-7-11(8-1-2-8)15-19(17,18)10-5-3-9(4-6-10)12(14)16/h3-6,8,11,15H,1-2,7,13H2,(H2,14,16). The summed E-state index contributed by atoms with van der Waals surface area (Å²) in [6.45, 7) is 0.281. The quantitative estimate of drug-likeness (QED) is 0.670. The molecule has 1 amide bonds. The zero-order valence-electron chi connectivity index (χ0n) is 10.4. The topological polar surface area (TPSA) is 115 Å². The Bertz CT molecular complexity index is 564. The molecule has 5 N–H and O–H groups in total.